The van der Waals surface area contributed by atoms with Crippen molar-refractivity contribution in [2.75, 3.05) is 12.4 Å². The minimum absolute atomic E-state index is 0.115. The molecule has 2 aromatic carbocycles. The molecule has 0 unspecified atom stereocenters. The number of benzene rings is 2. The number of Topliss-reactive ketones (excluding diaryl/α,β-unsaturated/α-hetero) is 1. The molecule has 3 rings (SSSR count). The number of nitriles is 1. The molecule has 0 bridgehead atoms. The summed E-state index contributed by atoms with van der Waals surface area (Å²) in [6.07, 6.45) is 3.32. The van der Waals surface area contributed by atoms with Gasteiger partial charge in [0.05, 0.1) is 25.2 Å². The van der Waals surface area contributed by atoms with Gasteiger partial charge in [-0.3, -0.25) is 9.59 Å². The van der Waals surface area contributed by atoms with Crippen LogP contribution < -0.4 is 15.4 Å². The standard InChI is InChI=1S/C28H32N4O4/c1-18(33)7-5-4-6-8-26(28(35)31-21-11-9-20(17-29)10-12-21)32-27(34)16-23-19(2)30-25-14-13-22(36-3)15-24(23)25/h9-15,26,30H,4-8,16H2,1-3H3,(H,31,35)(H,32,34)/t26-/m0/s1. The SMILES string of the molecule is COc1ccc2[nH]c(C)c(CC(=O)N[C@@H](CCCCCC(C)=O)C(=O)Nc3ccc(C#N)cc3)c2c1. The number of hydrogen-bond acceptors (Lipinski definition) is 5. The number of nitrogens with one attached hydrogen (secondary N) is 3. The minimum atomic E-state index is -0.731. The molecule has 0 aliphatic heterocycles. The Labute approximate surface area is 211 Å². The molecule has 0 radical (unpaired) electrons. The fourth-order valence-corrected chi connectivity index (χ4v) is 4.15. The van der Waals surface area contributed by atoms with Gasteiger partial charge in [0.2, 0.25) is 11.8 Å². The number of aromatic amines is 1. The van der Waals surface area contributed by atoms with Gasteiger partial charge in [0, 0.05) is 28.7 Å². The van der Waals surface area contributed by atoms with Crippen molar-refractivity contribution in [1.82, 2.24) is 10.3 Å². The lowest BCUT2D eigenvalue weighted by Gasteiger charge is -2.19. The molecule has 1 aromatic heterocycles. The molecule has 36 heavy (non-hydrogen) atoms. The van der Waals surface area contributed by atoms with Gasteiger partial charge in [0.15, 0.2) is 0 Å². The zero-order valence-corrected chi connectivity index (χ0v) is 20.9. The number of ether oxygens (including phenoxy) is 1. The molecule has 0 fully saturated rings. The van der Waals surface area contributed by atoms with Crippen LogP contribution in [0.25, 0.3) is 10.9 Å². The molecule has 0 aliphatic rings. The Morgan fingerprint density at radius 1 is 1.08 bits per heavy atom. The van der Waals surface area contributed by atoms with E-state index < -0.39 is 6.04 Å². The van der Waals surface area contributed by atoms with Crippen LogP contribution in [-0.2, 0) is 20.8 Å². The number of rotatable bonds is 12. The summed E-state index contributed by atoms with van der Waals surface area (Å²) >= 11 is 0. The maximum atomic E-state index is 13.1. The number of carbonyl (C=O) groups excluding carboxylic acids is 3. The van der Waals surface area contributed by atoms with E-state index in [1.54, 1.807) is 38.3 Å². The van der Waals surface area contributed by atoms with Gasteiger partial charge in [-0.2, -0.15) is 5.26 Å². The van der Waals surface area contributed by atoms with Gasteiger partial charge in [-0.1, -0.05) is 12.8 Å². The maximum Gasteiger partial charge on any atom is 0.246 e. The highest BCUT2D eigenvalue weighted by molar-refractivity contribution is 5.98. The molecular formula is C28H32N4O4. The van der Waals surface area contributed by atoms with Gasteiger partial charge in [-0.15, -0.1) is 0 Å². The van der Waals surface area contributed by atoms with Crippen LogP contribution in [-0.4, -0.2) is 35.7 Å². The van der Waals surface area contributed by atoms with Gasteiger partial charge >= 0.3 is 0 Å². The van der Waals surface area contributed by atoms with Crippen molar-refractivity contribution < 1.29 is 19.1 Å². The second-order valence-electron chi connectivity index (χ2n) is 8.92. The highest BCUT2D eigenvalue weighted by Gasteiger charge is 2.22. The second-order valence-corrected chi connectivity index (χ2v) is 8.92. The Hall–Kier alpha value is -4.12. The van der Waals surface area contributed by atoms with E-state index in [2.05, 4.69) is 15.6 Å². The smallest absolute Gasteiger partial charge is 0.246 e. The Balaban J connectivity index is 1.71. The number of methoxy groups -OCH3 is 1. The van der Waals surface area contributed by atoms with Crippen LogP contribution >= 0.6 is 0 Å². The summed E-state index contributed by atoms with van der Waals surface area (Å²) in [6, 6.07) is 13.5. The van der Waals surface area contributed by atoms with Gasteiger partial charge in [0.1, 0.15) is 17.6 Å². The second kappa shape index (κ2) is 12.5. The van der Waals surface area contributed by atoms with Gasteiger partial charge in [0.25, 0.3) is 0 Å². The number of carbonyl (C=O) groups is 3. The van der Waals surface area contributed by atoms with E-state index in [4.69, 9.17) is 10.00 Å². The Morgan fingerprint density at radius 2 is 1.83 bits per heavy atom. The summed E-state index contributed by atoms with van der Waals surface area (Å²) in [6.45, 7) is 3.48. The largest absolute Gasteiger partial charge is 0.497 e. The Morgan fingerprint density at radius 3 is 2.50 bits per heavy atom. The van der Waals surface area contributed by atoms with Crippen LogP contribution in [0.1, 0.15) is 55.8 Å². The normalized spacial score (nSPS) is 11.5. The lowest BCUT2D eigenvalue weighted by Crippen LogP contribution is -2.44. The monoisotopic (exact) mass is 488 g/mol. The summed E-state index contributed by atoms with van der Waals surface area (Å²) in [5.74, 6) is 0.264. The average Bonchev–Trinajstić information content (AvgIpc) is 3.17. The van der Waals surface area contributed by atoms with Crippen LogP contribution in [0.2, 0.25) is 0 Å². The van der Waals surface area contributed by atoms with Gasteiger partial charge < -0.3 is 25.1 Å². The number of ketones is 1. The molecule has 0 aliphatic carbocycles. The van der Waals surface area contributed by atoms with Crippen molar-refractivity contribution >= 4 is 34.2 Å². The summed E-state index contributed by atoms with van der Waals surface area (Å²) in [5, 5.41) is 15.6. The van der Waals surface area contributed by atoms with Gasteiger partial charge in [-0.05, 0) is 74.7 Å². The maximum absolute atomic E-state index is 13.1. The van der Waals surface area contributed by atoms with Crippen molar-refractivity contribution in [3.63, 3.8) is 0 Å². The van der Waals surface area contributed by atoms with Crippen molar-refractivity contribution in [2.24, 2.45) is 0 Å². The predicted octanol–water partition coefficient (Wildman–Crippen LogP) is 4.56. The van der Waals surface area contributed by atoms with Crippen LogP contribution in [0.15, 0.2) is 42.5 Å². The number of nitrogens with zero attached hydrogens (tertiary/aromatic N) is 1. The fourth-order valence-electron chi connectivity index (χ4n) is 4.15. The third-order valence-corrected chi connectivity index (χ3v) is 6.12. The number of H-pyrrole nitrogens is 1. The molecule has 0 saturated carbocycles. The first kappa shape index (κ1) is 26.5. The van der Waals surface area contributed by atoms with E-state index in [1.165, 1.54) is 0 Å². The van der Waals surface area contributed by atoms with Gasteiger partial charge in [-0.25, -0.2) is 0 Å². The lowest BCUT2D eigenvalue weighted by molar-refractivity contribution is -0.126. The number of fused-ring (bicyclic) bond motifs is 1. The number of anilines is 1. The van der Waals surface area contributed by atoms with Crippen molar-refractivity contribution in [3.05, 3.63) is 59.3 Å². The fraction of sp³-hybridized carbons (Fsp3) is 0.357. The third kappa shape index (κ3) is 7.19. The van der Waals surface area contributed by atoms with E-state index in [0.717, 1.165) is 35.0 Å². The molecule has 2 amide bonds. The molecule has 1 atom stereocenters. The number of unbranched alkanes of at least 4 members (excludes halogenated alkanes) is 2. The summed E-state index contributed by atoms with van der Waals surface area (Å²) < 4.78 is 5.33. The molecule has 0 saturated heterocycles. The molecule has 8 nitrogen and oxygen atoms in total. The minimum Gasteiger partial charge on any atom is -0.497 e. The topological polar surface area (TPSA) is 124 Å². The lowest BCUT2D eigenvalue weighted by atomic mass is 10.0. The van der Waals surface area contributed by atoms with Crippen LogP contribution in [0, 0.1) is 18.3 Å². The highest BCUT2D eigenvalue weighted by atomic mass is 16.5. The molecule has 3 aromatic rings. The Bertz CT molecular complexity index is 1270. The zero-order chi connectivity index (χ0) is 26.1. The molecule has 8 heteroatoms. The van der Waals surface area contributed by atoms with E-state index in [0.29, 0.717) is 36.3 Å². The van der Waals surface area contributed by atoms with E-state index in [9.17, 15) is 14.4 Å². The number of amides is 2. The van der Waals surface area contributed by atoms with E-state index >= 15 is 0 Å². The first-order valence-corrected chi connectivity index (χ1v) is 12.1. The first-order chi connectivity index (χ1) is 17.3. The van der Waals surface area contributed by atoms with Crippen LogP contribution in [0.4, 0.5) is 5.69 Å². The van der Waals surface area contributed by atoms with E-state index in [1.807, 2.05) is 31.2 Å². The highest BCUT2D eigenvalue weighted by Crippen LogP contribution is 2.27. The van der Waals surface area contributed by atoms with E-state index in [-0.39, 0.29) is 24.0 Å². The third-order valence-electron chi connectivity index (χ3n) is 6.12. The molecule has 0 spiro atoms. The van der Waals surface area contributed by atoms with Crippen LogP contribution in [0.3, 0.4) is 0 Å². The summed E-state index contributed by atoms with van der Waals surface area (Å²) in [4.78, 5) is 40.6. The van der Waals surface area contributed by atoms with Crippen LogP contribution in [0.5, 0.6) is 5.75 Å². The molecule has 3 N–H and O–H groups in total. The molecule has 188 valence electrons. The average molecular weight is 489 g/mol. The van der Waals surface area contributed by atoms with Crippen molar-refractivity contribution in [3.8, 4) is 11.8 Å². The summed E-state index contributed by atoms with van der Waals surface area (Å²) in [7, 11) is 1.60. The number of aryl methyl sites for hydroxylation is 1. The first-order valence-electron chi connectivity index (χ1n) is 12.1. The molecule has 1 heterocycles. The summed E-state index contributed by atoms with van der Waals surface area (Å²) in [5.41, 5.74) is 3.70. The number of aromatic nitrogens is 1. The van der Waals surface area contributed by atoms with Crippen molar-refractivity contribution in [1.29, 1.82) is 5.26 Å². The quantitative estimate of drug-likeness (QED) is 0.322. The Kier molecular flexibility index (Phi) is 9.23. The number of hydrogen-bond donors (Lipinski definition) is 3. The molecular weight excluding hydrogens is 456 g/mol. The zero-order valence-electron chi connectivity index (χ0n) is 20.9. The predicted molar refractivity (Wildman–Crippen MR) is 139 cm³/mol. The van der Waals surface area contributed by atoms with Crippen molar-refractivity contribution in [2.45, 2.75) is 58.4 Å².